The molecule has 0 spiro atoms. The van der Waals surface area contributed by atoms with Crippen LogP contribution in [-0.4, -0.2) is 41.3 Å². The summed E-state index contributed by atoms with van der Waals surface area (Å²) in [6.07, 6.45) is 0. The molecule has 1 aromatic rings. The number of ether oxygens (including phenoxy) is 1. The van der Waals surface area contributed by atoms with Crippen LogP contribution in [0, 0.1) is 0 Å². The summed E-state index contributed by atoms with van der Waals surface area (Å²) in [5.41, 5.74) is 1.33. The molecule has 1 N–H and O–H groups in total. The molecule has 0 aliphatic rings. The van der Waals surface area contributed by atoms with Gasteiger partial charge in [0.05, 0.1) is 23.3 Å². The van der Waals surface area contributed by atoms with Gasteiger partial charge in [-0.1, -0.05) is 13.8 Å². The molecule has 0 aromatic heterocycles. The number of nitrogens with one attached hydrogen (secondary N) is 1. The minimum Gasteiger partial charge on any atom is -0.465 e. The van der Waals surface area contributed by atoms with E-state index in [0.29, 0.717) is 5.69 Å². The zero-order chi connectivity index (χ0) is 18.2. The van der Waals surface area contributed by atoms with Gasteiger partial charge in [-0.15, -0.1) is 0 Å². The maximum absolute atomic E-state index is 12.1. The van der Waals surface area contributed by atoms with Crippen molar-refractivity contribution in [1.82, 2.24) is 4.72 Å². The van der Waals surface area contributed by atoms with Crippen molar-refractivity contribution in [1.29, 1.82) is 0 Å². The Morgan fingerprint density at radius 1 is 1.26 bits per heavy atom. The Morgan fingerprint density at radius 3 is 2.26 bits per heavy atom. The smallest absolute Gasteiger partial charge is 0.339 e. The molecule has 0 saturated heterocycles. The highest BCUT2D eigenvalue weighted by atomic mass is 32.2. The third-order valence-electron chi connectivity index (χ3n) is 2.65. The van der Waals surface area contributed by atoms with Gasteiger partial charge in [-0.05, 0) is 39.1 Å². The Morgan fingerprint density at radius 2 is 1.83 bits per heavy atom. The minimum atomic E-state index is -3.79. The molecule has 0 aliphatic heterocycles. The SMILES string of the molecule is CC.CNS(=O)(=O)c1cc(N(C)N=C(C)C)ccc1C(=O)OC. The molecule has 0 fully saturated rings. The average Bonchev–Trinajstić information content (AvgIpc) is 2.54. The topological polar surface area (TPSA) is 88.1 Å². The second-order valence-corrected chi connectivity index (χ2v) is 6.31. The number of nitrogens with zero attached hydrogens (tertiary/aromatic N) is 2. The van der Waals surface area contributed by atoms with Crippen molar-refractivity contribution in [3.8, 4) is 0 Å². The van der Waals surface area contributed by atoms with Gasteiger partial charge < -0.3 is 4.74 Å². The zero-order valence-electron chi connectivity index (χ0n) is 14.7. The van der Waals surface area contributed by atoms with Gasteiger partial charge in [0.1, 0.15) is 0 Å². The van der Waals surface area contributed by atoms with E-state index in [1.165, 1.54) is 31.3 Å². The molecule has 130 valence electrons. The molecule has 7 nitrogen and oxygen atoms in total. The van der Waals surface area contributed by atoms with E-state index in [1.807, 2.05) is 27.7 Å². The number of sulfonamides is 1. The van der Waals surface area contributed by atoms with Gasteiger partial charge in [0, 0.05) is 12.8 Å². The largest absolute Gasteiger partial charge is 0.465 e. The Balaban J connectivity index is 0.00000232. The highest BCUT2D eigenvalue weighted by Gasteiger charge is 2.23. The molecule has 0 saturated carbocycles. The van der Waals surface area contributed by atoms with Gasteiger partial charge in [0.25, 0.3) is 0 Å². The summed E-state index contributed by atoms with van der Waals surface area (Å²) in [5, 5.41) is 5.74. The monoisotopic (exact) mass is 343 g/mol. The maximum atomic E-state index is 12.1. The summed E-state index contributed by atoms with van der Waals surface area (Å²) in [5.74, 6) is -0.715. The summed E-state index contributed by atoms with van der Waals surface area (Å²) in [4.78, 5) is 11.6. The third kappa shape index (κ3) is 5.65. The summed E-state index contributed by atoms with van der Waals surface area (Å²) in [6.45, 7) is 7.65. The third-order valence-corrected chi connectivity index (χ3v) is 4.11. The summed E-state index contributed by atoms with van der Waals surface area (Å²) in [7, 11) is 0.372. The molecule has 1 aromatic carbocycles. The van der Waals surface area contributed by atoms with Gasteiger partial charge in [-0.2, -0.15) is 5.10 Å². The fourth-order valence-corrected chi connectivity index (χ4v) is 2.62. The quantitative estimate of drug-likeness (QED) is 0.503. The standard InChI is InChI=1S/C13H19N3O4S.C2H6/c1-9(2)15-16(4)10-6-7-11(13(17)20-5)12(8-10)21(18,19)14-3;1-2/h6-8,14H,1-5H3;1-2H3. The van der Waals surface area contributed by atoms with Gasteiger partial charge in [-0.3, -0.25) is 5.01 Å². The zero-order valence-corrected chi connectivity index (χ0v) is 15.5. The number of benzene rings is 1. The summed E-state index contributed by atoms with van der Waals surface area (Å²) in [6, 6.07) is 4.39. The number of carbonyl (C=O) groups excluding carboxylic acids is 1. The highest BCUT2D eigenvalue weighted by molar-refractivity contribution is 7.89. The number of methoxy groups -OCH3 is 1. The van der Waals surface area contributed by atoms with Crippen molar-refractivity contribution >= 4 is 27.4 Å². The number of carbonyl (C=O) groups is 1. The fraction of sp³-hybridized carbons (Fsp3) is 0.467. The van der Waals surface area contributed by atoms with Crippen LogP contribution in [-0.2, 0) is 14.8 Å². The van der Waals surface area contributed by atoms with Crippen LogP contribution in [0.1, 0.15) is 38.1 Å². The van der Waals surface area contributed by atoms with Crippen molar-refractivity contribution in [3.05, 3.63) is 23.8 Å². The summed E-state index contributed by atoms with van der Waals surface area (Å²) < 4.78 is 30.9. The second kappa shape index (κ2) is 9.26. The Hall–Kier alpha value is -1.93. The van der Waals surface area contributed by atoms with Gasteiger partial charge >= 0.3 is 5.97 Å². The van der Waals surface area contributed by atoms with Crippen LogP contribution in [0.15, 0.2) is 28.2 Å². The lowest BCUT2D eigenvalue weighted by molar-refractivity contribution is 0.0596. The molecule has 23 heavy (non-hydrogen) atoms. The molecular weight excluding hydrogens is 318 g/mol. The average molecular weight is 343 g/mol. The van der Waals surface area contributed by atoms with Crippen molar-refractivity contribution < 1.29 is 17.9 Å². The number of rotatable bonds is 5. The van der Waals surface area contributed by atoms with E-state index >= 15 is 0 Å². The van der Waals surface area contributed by atoms with Crippen LogP contribution in [0.3, 0.4) is 0 Å². The number of hydrogen-bond acceptors (Lipinski definition) is 6. The van der Waals surface area contributed by atoms with E-state index in [9.17, 15) is 13.2 Å². The molecule has 0 atom stereocenters. The number of hydrogen-bond donors (Lipinski definition) is 1. The van der Waals surface area contributed by atoms with E-state index < -0.39 is 16.0 Å². The minimum absolute atomic E-state index is 0.0267. The molecule has 8 heteroatoms. The van der Waals surface area contributed by atoms with Gasteiger partial charge in [-0.25, -0.2) is 17.9 Å². The van der Waals surface area contributed by atoms with Crippen LogP contribution >= 0.6 is 0 Å². The molecule has 0 amide bonds. The van der Waals surface area contributed by atoms with Crippen LogP contribution in [0.25, 0.3) is 0 Å². The Bertz CT molecular complexity index is 665. The first-order chi connectivity index (χ1) is 10.7. The maximum Gasteiger partial charge on any atom is 0.339 e. The van der Waals surface area contributed by atoms with Crippen LogP contribution < -0.4 is 9.73 Å². The van der Waals surface area contributed by atoms with E-state index in [1.54, 1.807) is 13.1 Å². The highest BCUT2D eigenvalue weighted by Crippen LogP contribution is 2.23. The van der Waals surface area contributed by atoms with Crippen LogP contribution in [0.5, 0.6) is 0 Å². The van der Waals surface area contributed by atoms with Gasteiger partial charge in [0.2, 0.25) is 10.0 Å². The molecule has 0 heterocycles. The molecule has 0 unspecified atom stereocenters. The normalized spacial score (nSPS) is 10.2. The van der Waals surface area contributed by atoms with E-state index in [4.69, 9.17) is 0 Å². The van der Waals surface area contributed by atoms with E-state index in [-0.39, 0.29) is 10.5 Å². The number of esters is 1. The van der Waals surface area contributed by atoms with Crippen LogP contribution in [0.2, 0.25) is 0 Å². The Labute approximate surface area is 138 Å². The van der Waals surface area contributed by atoms with Crippen molar-refractivity contribution in [3.63, 3.8) is 0 Å². The fourth-order valence-electron chi connectivity index (χ4n) is 1.68. The van der Waals surface area contributed by atoms with Crippen molar-refractivity contribution in [2.45, 2.75) is 32.6 Å². The molecule has 0 bridgehead atoms. The molecule has 0 radical (unpaired) electrons. The molecular formula is C15H25N3O4S. The lowest BCUT2D eigenvalue weighted by Gasteiger charge is -2.16. The molecule has 0 aliphatic carbocycles. The van der Waals surface area contributed by atoms with Gasteiger partial charge in [0.15, 0.2) is 0 Å². The summed E-state index contributed by atoms with van der Waals surface area (Å²) >= 11 is 0. The van der Waals surface area contributed by atoms with E-state index in [0.717, 1.165) is 5.71 Å². The Kier molecular flexibility index (Phi) is 8.49. The predicted octanol–water partition coefficient (Wildman–Crippen LogP) is 2.24. The molecule has 1 rings (SSSR count). The first kappa shape index (κ1) is 21.1. The second-order valence-electron chi connectivity index (χ2n) is 4.45. The number of anilines is 1. The number of hydrazone groups is 1. The van der Waals surface area contributed by atoms with Crippen molar-refractivity contribution in [2.75, 3.05) is 26.2 Å². The van der Waals surface area contributed by atoms with E-state index in [2.05, 4.69) is 14.6 Å². The van der Waals surface area contributed by atoms with Crippen molar-refractivity contribution in [2.24, 2.45) is 5.10 Å². The predicted molar refractivity (Wildman–Crippen MR) is 92.6 cm³/mol. The first-order valence-electron chi connectivity index (χ1n) is 7.14. The lowest BCUT2D eigenvalue weighted by atomic mass is 10.2. The lowest BCUT2D eigenvalue weighted by Crippen LogP contribution is -2.22. The van der Waals surface area contributed by atoms with Crippen LogP contribution in [0.4, 0.5) is 5.69 Å². The first-order valence-corrected chi connectivity index (χ1v) is 8.62.